The van der Waals surface area contributed by atoms with E-state index in [4.69, 9.17) is 0 Å². The number of rotatable bonds is 5. The van der Waals surface area contributed by atoms with Crippen LogP contribution in [0.5, 0.6) is 0 Å². The second-order valence-corrected chi connectivity index (χ2v) is 9.80. The third kappa shape index (κ3) is 4.61. The van der Waals surface area contributed by atoms with Crippen molar-refractivity contribution in [2.75, 3.05) is 20.1 Å². The van der Waals surface area contributed by atoms with E-state index in [9.17, 15) is 17.6 Å². The van der Waals surface area contributed by atoms with Crippen molar-refractivity contribution in [1.82, 2.24) is 9.21 Å². The highest BCUT2D eigenvalue weighted by atomic mass is 79.9. The number of hydrogen-bond acceptors (Lipinski definition) is 3. The summed E-state index contributed by atoms with van der Waals surface area (Å²) < 4.78 is 41.9. The standard InChI is InChI=1S/C20H22BrFN2O3S/c1-23(13-15-5-2-3-7-19(15)22)20(25)16-6-4-12-24(14-16)28(26,27)18-10-8-17(21)9-11-18/h2-3,5,7-11,16H,4,6,12-14H2,1H3. The van der Waals surface area contributed by atoms with Crippen molar-refractivity contribution < 1.29 is 17.6 Å². The molecule has 0 saturated carbocycles. The first-order valence-electron chi connectivity index (χ1n) is 9.03. The molecule has 1 aliphatic rings. The van der Waals surface area contributed by atoms with Crippen LogP contribution in [0.4, 0.5) is 4.39 Å². The van der Waals surface area contributed by atoms with Gasteiger partial charge in [-0.3, -0.25) is 4.79 Å². The molecule has 2 aromatic carbocycles. The minimum Gasteiger partial charge on any atom is -0.341 e. The Morgan fingerprint density at radius 2 is 1.89 bits per heavy atom. The topological polar surface area (TPSA) is 57.7 Å². The molecule has 1 amide bonds. The van der Waals surface area contributed by atoms with E-state index >= 15 is 0 Å². The Morgan fingerprint density at radius 3 is 2.57 bits per heavy atom. The van der Waals surface area contributed by atoms with Gasteiger partial charge in [-0.2, -0.15) is 4.31 Å². The number of piperidine rings is 1. The summed E-state index contributed by atoms with van der Waals surface area (Å²) in [4.78, 5) is 14.5. The summed E-state index contributed by atoms with van der Waals surface area (Å²) >= 11 is 3.30. The first-order chi connectivity index (χ1) is 13.3. The fraction of sp³-hybridized carbons (Fsp3) is 0.350. The molecule has 0 N–H and O–H groups in total. The van der Waals surface area contributed by atoms with Crippen molar-refractivity contribution in [1.29, 1.82) is 0 Å². The van der Waals surface area contributed by atoms with E-state index in [2.05, 4.69) is 15.9 Å². The van der Waals surface area contributed by atoms with Gasteiger partial charge in [0.2, 0.25) is 15.9 Å². The molecule has 8 heteroatoms. The minimum atomic E-state index is -3.65. The van der Waals surface area contributed by atoms with E-state index in [1.165, 1.54) is 15.3 Å². The van der Waals surface area contributed by atoms with Crippen molar-refractivity contribution in [2.24, 2.45) is 5.92 Å². The molecule has 5 nitrogen and oxygen atoms in total. The average Bonchev–Trinajstić information content (AvgIpc) is 2.69. The van der Waals surface area contributed by atoms with E-state index in [0.29, 0.717) is 24.9 Å². The predicted octanol–water partition coefficient (Wildman–Crippen LogP) is 3.65. The van der Waals surface area contributed by atoms with Crippen LogP contribution in [0.3, 0.4) is 0 Å². The Balaban J connectivity index is 1.71. The lowest BCUT2D eigenvalue weighted by Crippen LogP contribution is -2.45. The van der Waals surface area contributed by atoms with Crippen LogP contribution in [-0.4, -0.2) is 43.7 Å². The zero-order chi connectivity index (χ0) is 20.3. The fourth-order valence-electron chi connectivity index (χ4n) is 3.39. The zero-order valence-electron chi connectivity index (χ0n) is 15.5. The monoisotopic (exact) mass is 468 g/mol. The lowest BCUT2D eigenvalue weighted by atomic mass is 9.98. The SMILES string of the molecule is CN(Cc1ccccc1F)C(=O)C1CCCN(S(=O)(=O)c2ccc(Br)cc2)C1. The number of sulfonamides is 1. The number of carbonyl (C=O) groups excluding carboxylic acids is 1. The molecule has 0 aliphatic carbocycles. The summed E-state index contributed by atoms with van der Waals surface area (Å²) in [6.07, 6.45) is 1.23. The molecule has 0 radical (unpaired) electrons. The highest BCUT2D eigenvalue weighted by Crippen LogP contribution is 2.26. The molecular weight excluding hydrogens is 447 g/mol. The van der Waals surface area contributed by atoms with Crippen molar-refractivity contribution in [3.8, 4) is 0 Å². The molecular formula is C20H22BrFN2O3S. The number of nitrogens with zero attached hydrogens (tertiary/aromatic N) is 2. The minimum absolute atomic E-state index is 0.138. The van der Waals surface area contributed by atoms with Crippen LogP contribution in [-0.2, 0) is 21.4 Å². The molecule has 1 unspecified atom stereocenters. The third-order valence-electron chi connectivity index (χ3n) is 4.93. The van der Waals surface area contributed by atoms with Crippen LogP contribution in [0.2, 0.25) is 0 Å². The largest absolute Gasteiger partial charge is 0.341 e. The molecule has 0 aromatic heterocycles. The van der Waals surface area contributed by atoms with Gasteiger partial charge in [0.1, 0.15) is 5.82 Å². The molecule has 2 aromatic rings. The van der Waals surface area contributed by atoms with E-state index in [-0.39, 0.29) is 29.7 Å². The highest BCUT2D eigenvalue weighted by Gasteiger charge is 2.34. The molecule has 1 saturated heterocycles. The molecule has 1 fully saturated rings. The lowest BCUT2D eigenvalue weighted by molar-refractivity contribution is -0.135. The summed E-state index contributed by atoms with van der Waals surface area (Å²) in [5, 5.41) is 0. The van der Waals surface area contributed by atoms with Gasteiger partial charge in [0, 0.05) is 36.7 Å². The smallest absolute Gasteiger partial charge is 0.243 e. The summed E-state index contributed by atoms with van der Waals surface area (Å²) in [5.41, 5.74) is 0.438. The van der Waals surface area contributed by atoms with Gasteiger partial charge in [0.05, 0.1) is 10.8 Å². The van der Waals surface area contributed by atoms with Gasteiger partial charge in [-0.1, -0.05) is 34.1 Å². The maximum atomic E-state index is 13.9. The van der Waals surface area contributed by atoms with Crippen molar-refractivity contribution in [2.45, 2.75) is 24.3 Å². The Morgan fingerprint density at radius 1 is 1.21 bits per heavy atom. The Labute approximate surface area is 173 Å². The Hall–Kier alpha value is -1.77. The second-order valence-electron chi connectivity index (χ2n) is 6.94. The van der Waals surface area contributed by atoms with Gasteiger partial charge in [0.15, 0.2) is 0 Å². The zero-order valence-corrected chi connectivity index (χ0v) is 17.9. The number of benzene rings is 2. The van der Waals surface area contributed by atoms with E-state index in [1.807, 2.05) is 0 Å². The Bertz CT molecular complexity index is 950. The highest BCUT2D eigenvalue weighted by molar-refractivity contribution is 9.10. The number of carbonyl (C=O) groups is 1. The molecule has 1 heterocycles. The summed E-state index contributed by atoms with van der Waals surface area (Å²) in [6, 6.07) is 12.8. The van der Waals surface area contributed by atoms with Gasteiger partial charge < -0.3 is 4.90 Å². The number of halogens is 2. The first kappa shape index (κ1) is 21.0. The molecule has 0 bridgehead atoms. The van der Waals surface area contributed by atoms with E-state index < -0.39 is 15.9 Å². The van der Waals surface area contributed by atoms with Crippen LogP contribution in [0.25, 0.3) is 0 Å². The third-order valence-corrected chi connectivity index (χ3v) is 7.33. The molecule has 150 valence electrons. The number of hydrogen-bond donors (Lipinski definition) is 0. The van der Waals surface area contributed by atoms with Crippen LogP contribution in [0, 0.1) is 11.7 Å². The number of amides is 1. The fourth-order valence-corrected chi connectivity index (χ4v) is 5.18. The predicted molar refractivity (Wildman–Crippen MR) is 108 cm³/mol. The first-order valence-corrected chi connectivity index (χ1v) is 11.3. The molecule has 3 rings (SSSR count). The maximum absolute atomic E-state index is 13.9. The van der Waals surface area contributed by atoms with Gasteiger partial charge >= 0.3 is 0 Å². The van der Waals surface area contributed by atoms with Crippen LogP contribution < -0.4 is 0 Å². The van der Waals surface area contributed by atoms with Gasteiger partial charge in [-0.15, -0.1) is 0 Å². The van der Waals surface area contributed by atoms with Crippen LogP contribution in [0.1, 0.15) is 18.4 Å². The molecule has 1 atom stereocenters. The lowest BCUT2D eigenvalue weighted by Gasteiger charge is -2.33. The van der Waals surface area contributed by atoms with Crippen LogP contribution in [0.15, 0.2) is 57.9 Å². The molecule has 1 aliphatic heterocycles. The second kappa shape index (κ2) is 8.71. The van der Waals surface area contributed by atoms with E-state index in [1.54, 1.807) is 49.5 Å². The quantitative estimate of drug-likeness (QED) is 0.672. The maximum Gasteiger partial charge on any atom is 0.243 e. The summed E-state index contributed by atoms with van der Waals surface area (Å²) in [7, 11) is -2.03. The van der Waals surface area contributed by atoms with Crippen LogP contribution >= 0.6 is 15.9 Å². The molecule has 0 spiro atoms. The van der Waals surface area contributed by atoms with Crippen molar-refractivity contribution in [3.05, 3.63) is 64.4 Å². The normalized spacial score (nSPS) is 18.0. The van der Waals surface area contributed by atoms with E-state index in [0.717, 1.165) is 4.47 Å². The van der Waals surface area contributed by atoms with Crippen molar-refractivity contribution >= 4 is 31.9 Å². The Kier molecular flexibility index (Phi) is 6.52. The molecule has 28 heavy (non-hydrogen) atoms. The average molecular weight is 469 g/mol. The van der Waals surface area contributed by atoms with Crippen molar-refractivity contribution in [3.63, 3.8) is 0 Å². The van der Waals surface area contributed by atoms with Gasteiger partial charge in [0.25, 0.3) is 0 Å². The van der Waals surface area contributed by atoms with Gasteiger partial charge in [-0.05, 0) is 43.2 Å². The summed E-state index contributed by atoms with van der Waals surface area (Å²) in [6.45, 7) is 0.680. The van der Waals surface area contributed by atoms with Gasteiger partial charge in [-0.25, -0.2) is 12.8 Å². The summed E-state index contributed by atoms with van der Waals surface area (Å²) in [5.74, 6) is -0.958.